The molecule has 0 spiro atoms. The minimum Gasteiger partial charge on any atom is -0.384 e. The zero-order chi connectivity index (χ0) is 16.6. The highest BCUT2D eigenvalue weighted by Gasteiger charge is 2.29. The molecule has 3 rings (SSSR count). The molecule has 1 saturated carbocycles. The standard InChI is InChI=1S/C16H17N3O3S/c1-9-3-2-4-11(7-9)23-8-12(20)13-14(17)19(10-5-6-10)16(22)18-15(13)21/h2-4,7,10H,5-6,8,17H2,1H3,(H,18,21,22). The highest BCUT2D eigenvalue weighted by atomic mass is 32.2. The first kappa shape index (κ1) is 15.6. The number of carbonyl (C=O) groups is 1. The Hall–Kier alpha value is -2.28. The van der Waals surface area contributed by atoms with Crippen LogP contribution in [0.4, 0.5) is 5.82 Å². The molecule has 120 valence electrons. The topological polar surface area (TPSA) is 97.9 Å². The molecule has 0 unspecified atom stereocenters. The highest BCUT2D eigenvalue weighted by molar-refractivity contribution is 8.00. The van der Waals surface area contributed by atoms with Crippen LogP contribution in [0.5, 0.6) is 0 Å². The first-order valence-electron chi connectivity index (χ1n) is 7.34. The fraction of sp³-hybridized carbons (Fsp3) is 0.312. The van der Waals surface area contributed by atoms with Gasteiger partial charge in [0.25, 0.3) is 5.56 Å². The highest BCUT2D eigenvalue weighted by Crippen LogP contribution is 2.35. The summed E-state index contributed by atoms with van der Waals surface area (Å²) < 4.78 is 1.33. The van der Waals surface area contributed by atoms with E-state index < -0.39 is 11.2 Å². The van der Waals surface area contributed by atoms with Crippen LogP contribution in [-0.2, 0) is 0 Å². The van der Waals surface area contributed by atoms with Crippen LogP contribution in [-0.4, -0.2) is 21.1 Å². The SMILES string of the molecule is Cc1cccc(SCC(=O)c2c(N)n(C3CC3)c(=O)[nH]c2=O)c1. The van der Waals surface area contributed by atoms with Crippen molar-refractivity contribution in [3.63, 3.8) is 0 Å². The number of nitrogens with zero attached hydrogens (tertiary/aromatic N) is 1. The Morgan fingerprint density at radius 1 is 1.39 bits per heavy atom. The summed E-state index contributed by atoms with van der Waals surface area (Å²) in [5.41, 5.74) is 5.67. The number of H-pyrrole nitrogens is 1. The van der Waals surface area contributed by atoms with Crippen molar-refractivity contribution in [1.82, 2.24) is 9.55 Å². The average Bonchev–Trinajstić information content (AvgIpc) is 3.29. The van der Waals surface area contributed by atoms with Crippen LogP contribution in [0.15, 0.2) is 38.8 Å². The lowest BCUT2D eigenvalue weighted by Crippen LogP contribution is -2.36. The third-order valence-electron chi connectivity index (χ3n) is 3.73. The van der Waals surface area contributed by atoms with Crippen LogP contribution < -0.4 is 17.0 Å². The number of aryl methyl sites for hydroxylation is 1. The molecule has 1 aromatic carbocycles. The van der Waals surface area contributed by atoms with Gasteiger partial charge in [-0.3, -0.25) is 19.1 Å². The van der Waals surface area contributed by atoms with Gasteiger partial charge in [-0.05, 0) is 31.9 Å². The Kier molecular flexibility index (Phi) is 4.12. The molecule has 0 bridgehead atoms. The van der Waals surface area contributed by atoms with E-state index in [0.29, 0.717) is 0 Å². The molecule has 1 aliphatic carbocycles. The normalized spacial score (nSPS) is 14.0. The number of hydrogen-bond donors (Lipinski definition) is 2. The molecule has 1 fully saturated rings. The summed E-state index contributed by atoms with van der Waals surface area (Å²) in [6.07, 6.45) is 1.67. The van der Waals surface area contributed by atoms with E-state index in [1.54, 1.807) is 0 Å². The van der Waals surface area contributed by atoms with Crippen LogP contribution in [0, 0.1) is 6.92 Å². The number of aromatic amines is 1. The summed E-state index contributed by atoms with van der Waals surface area (Å²) in [6, 6.07) is 7.76. The van der Waals surface area contributed by atoms with Crippen molar-refractivity contribution in [2.24, 2.45) is 0 Å². The van der Waals surface area contributed by atoms with E-state index in [-0.39, 0.29) is 29.0 Å². The number of Topliss-reactive ketones (excluding diaryl/α,β-unsaturated/α-hetero) is 1. The van der Waals surface area contributed by atoms with Crippen molar-refractivity contribution in [3.05, 3.63) is 56.2 Å². The minimum atomic E-state index is -0.709. The second kappa shape index (κ2) is 6.08. The minimum absolute atomic E-state index is 0.00433. The summed E-state index contributed by atoms with van der Waals surface area (Å²) in [5, 5.41) is 0. The van der Waals surface area contributed by atoms with Crippen LogP contribution in [0.2, 0.25) is 0 Å². The molecular weight excluding hydrogens is 314 g/mol. The number of thioether (sulfide) groups is 1. The van der Waals surface area contributed by atoms with E-state index in [9.17, 15) is 14.4 Å². The van der Waals surface area contributed by atoms with Gasteiger partial charge in [0.1, 0.15) is 11.4 Å². The van der Waals surface area contributed by atoms with Crippen molar-refractivity contribution in [2.45, 2.75) is 30.7 Å². The lowest BCUT2D eigenvalue weighted by molar-refractivity contribution is 0.102. The number of anilines is 1. The number of rotatable bonds is 5. The smallest absolute Gasteiger partial charge is 0.330 e. The zero-order valence-electron chi connectivity index (χ0n) is 12.7. The number of aromatic nitrogens is 2. The van der Waals surface area contributed by atoms with Gasteiger partial charge in [0.05, 0.1) is 5.75 Å². The maximum atomic E-state index is 12.4. The zero-order valence-corrected chi connectivity index (χ0v) is 13.5. The van der Waals surface area contributed by atoms with Gasteiger partial charge in [0.15, 0.2) is 5.78 Å². The second-order valence-electron chi connectivity index (χ2n) is 5.65. The van der Waals surface area contributed by atoms with E-state index in [1.807, 2.05) is 31.2 Å². The number of nitrogens with two attached hydrogens (primary N) is 1. The van der Waals surface area contributed by atoms with Crippen molar-refractivity contribution in [2.75, 3.05) is 11.5 Å². The quantitative estimate of drug-likeness (QED) is 0.642. The van der Waals surface area contributed by atoms with Crippen LogP contribution in [0.25, 0.3) is 0 Å². The molecule has 3 N–H and O–H groups in total. The van der Waals surface area contributed by atoms with Crippen LogP contribution >= 0.6 is 11.8 Å². The van der Waals surface area contributed by atoms with Crippen molar-refractivity contribution in [1.29, 1.82) is 0 Å². The van der Waals surface area contributed by atoms with E-state index in [4.69, 9.17) is 5.73 Å². The molecule has 2 aromatic rings. The van der Waals surface area contributed by atoms with E-state index in [1.165, 1.54) is 16.3 Å². The molecule has 0 atom stereocenters. The number of benzene rings is 1. The van der Waals surface area contributed by atoms with Gasteiger partial charge in [0.2, 0.25) is 0 Å². The van der Waals surface area contributed by atoms with E-state index >= 15 is 0 Å². The van der Waals surface area contributed by atoms with Gasteiger partial charge in [0, 0.05) is 10.9 Å². The van der Waals surface area contributed by atoms with Crippen molar-refractivity contribution >= 4 is 23.4 Å². The number of nitrogens with one attached hydrogen (secondary N) is 1. The fourth-order valence-electron chi connectivity index (χ4n) is 2.46. The maximum Gasteiger partial charge on any atom is 0.330 e. The summed E-state index contributed by atoms with van der Waals surface area (Å²) in [7, 11) is 0. The fourth-order valence-corrected chi connectivity index (χ4v) is 3.34. The molecule has 1 aliphatic rings. The lowest BCUT2D eigenvalue weighted by atomic mass is 10.2. The molecule has 0 amide bonds. The van der Waals surface area contributed by atoms with Gasteiger partial charge in [-0.15, -0.1) is 11.8 Å². The summed E-state index contributed by atoms with van der Waals surface area (Å²) in [5.74, 6) is -0.291. The van der Waals surface area contributed by atoms with Crippen molar-refractivity contribution in [3.8, 4) is 0 Å². The van der Waals surface area contributed by atoms with Gasteiger partial charge in [-0.2, -0.15) is 0 Å². The van der Waals surface area contributed by atoms with Crippen molar-refractivity contribution < 1.29 is 4.79 Å². The summed E-state index contributed by atoms with van der Waals surface area (Å²) in [6.45, 7) is 1.97. The van der Waals surface area contributed by atoms with Gasteiger partial charge in [-0.25, -0.2) is 4.79 Å². The van der Waals surface area contributed by atoms with Gasteiger partial charge >= 0.3 is 5.69 Å². The Morgan fingerprint density at radius 2 is 2.13 bits per heavy atom. The average molecular weight is 331 g/mol. The molecule has 1 heterocycles. The number of hydrogen-bond acceptors (Lipinski definition) is 5. The Balaban J connectivity index is 1.86. The third kappa shape index (κ3) is 3.24. The second-order valence-corrected chi connectivity index (χ2v) is 6.70. The monoisotopic (exact) mass is 331 g/mol. The number of nitrogen functional groups attached to an aromatic ring is 1. The molecule has 7 heteroatoms. The molecular formula is C16H17N3O3S. The molecule has 23 heavy (non-hydrogen) atoms. The predicted molar refractivity (Wildman–Crippen MR) is 90.2 cm³/mol. The number of carbonyl (C=O) groups excluding carboxylic acids is 1. The molecule has 0 radical (unpaired) electrons. The summed E-state index contributed by atoms with van der Waals surface area (Å²) >= 11 is 1.34. The predicted octanol–water partition coefficient (Wildman–Crippen LogP) is 1.74. The summed E-state index contributed by atoms with van der Waals surface area (Å²) in [4.78, 5) is 39.4. The Bertz CT molecular complexity index is 881. The number of ketones is 1. The van der Waals surface area contributed by atoms with Crippen LogP contribution in [0.3, 0.4) is 0 Å². The van der Waals surface area contributed by atoms with Crippen LogP contribution in [0.1, 0.15) is 34.8 Å². The molecule has 0 saturated heterocycles. The first-order chi connectivity index (χ1) is 11.0. The molecule has 1 aromatic heterocycles. The van der Waals surface area contributed by atoms with E-state index in [2.05, 4.69) is 4.98 Å². The molecule has 6 nitrogen and oxygen atoms in total. The largest absolute Gasteiger partial charge is 0.384 e. The Labute approximate surface area is 136 Å². The first-order valence-corrected chi connectivity index (χ1v) is 8.33. The Morgan fingerprint density at radius 3 is 2.78 bits per heavy atom. The van der Waals surface area contributed by atoms with E-state index in [0.717, 1.165) is 23.3 Å². The molecule has 0 aliphatic heterocycles. The lowest BCUT2D eigenvalue weighted by Gasteiger charge is -2.11. The third-order valence-corrected chi connectivity index (χ3v) is 4.73. The van der Waals surface area contributed by atoms with Gasteiger partial charge in [-0.1, -0.05) is 17.7 Å². The van der Waals surface area contributed by atoms with Gasteiger partial charge < -0.3 is 5.73 Å². The maximum absolute atomic E-state index is 12.4.